The van der Waals surface area contributed by atoms with Gasteiger partial charge in [0.25, 0.3) is 5.91 Å². The summed E-state index contributed by atoms with van der Waals surface area (Å²) in [5, 5.41) is 4.17. The maximum Gasteiger partial charge on any atom is 0.255 e. The van der Waals surface area contributed by atoms with E-state index < -0.39 is 6.04 Å². The molecule has 5 heteroatoms. The van der Waals surface area contributed by atoms with Gasteiger partial charge in [0, 0.05) is 41.0 Å². The Morgan fingerprint density at radius 3 is 2.37 bits per heavy atom. The van der Waals surface area contributed by atoms with E-state index in [1.165, 1.54) is 0 Å². The highest BCUT2D eigenvalue weighted by atomic mass is 16.2. The lowest BCUT2D eigenvalue weighted by Crippen LogP contribution is -2.47. The van der Waals surface area contributed by atoms with Crippen molar-refractivity contribution in [3.8, 4) is 0 Å². The molecule has 4 aromatic rings. The van der Waals surface area contributed by atoms with Crippen LogP contribution in [0.3, 0.4) is 0 Å². The highest BCUT2D eigenvalue weighted by Gasteiger charge is 2.44. The molecule has 2 heterocycles. The second-order valence-electron chi connectivity index (χ2n) is 9.92. The molecule has 0 saturated heterocycles. The maximum absolute atomic E-state index is 13.9. The molecule has 0 aliphatic carbocycles. The second-order valence-corrected chi connectivity index (χ2v) is 9.92. The van der Waals surface area contributed by atoms with Gasteiger partial charge >= 0.3 is 0 Å². The van der Waals surface area contributed by atoms with Gasteiger partial charge in [-0.25, -0.2) is 0 Å². The van der Waals surface area contributed by atoms with Crippen molar-refractivity contribution < 1.29 is 9.59 Å². The molecular weight excluding hydrogens is 434 g/mol. The number of benzene rings is 3. The molecule has 5 rings (SSSR count). The highest BCUT2D eigenvalue weighted by Crippen LogP contribution is 2.43. The molecule has 0 bridgehead atoms. The van der Waals surface area contributed by atoms with Crippen LogP contribution in [0.15, 0.2) is 79.0 Å². The summed E-state index contributed by atoms with van der Waals surface area (Å²) >= 11 is 0. The molecule has 35 heavy (non-hydrogen) atoms. The summed E-state index contributed by atoms with van der Waals surface area (Å²) in [6.45, 7) is 6.20. The van der Waals surface area contributed by atoms with Crippen LogP contribution < -0.4 is 5.32 Å². The first-order valence-corrected chi connectivity index (χ1v) is 12.2. The Balaban J connectivity index is 1.62. The third-order valence-electron chi connectivity index (χ3n) is 6.87. The molecular formula is C30H31N3O2. The van der Waals surface area contributed by atoms with Crippen molar-refractivity contribution in [1.82, 2.24) is 9.47 Å². The van der Waals surface area contributed by atoms with Gasteiger partial charge in [-0.3, -0.25) is 9.59 Å². The van der Waals surface area contributed by atoms with Gasteiger partial charge in [-0.05, 0) is 49.1 Å². The van der Waals surface area contributed by atoms with Crippen molar-refractivity contribution in [1.29, 1.82) is 0 Å². The van der Waals surface area contributed by atoms with Crippen LogP contribution in [0.1, 0.15) is 53.4 Å². The Kier molecular flexibility index (Phi) is 5.93. The van der Waals surface area contributed by atoms with Gasteiger partial charge < -0.3 is 14.8 Å². The van der Waals surface area contributed by atoms with Gasteiger partial charge in [0.1, 0.15) is 6.04 Å². The first-order chi connectivity index (χ1) is 16.8. The van der Waals surface area contributed by atoms with E-state index in [9.17, 15) is 9.59 Å². The quantitative estimate of drug-likeness (QED) is 0.375. The molecule has 5 nitrogen and oxygen atoms in total. The number of carbonyl (C=O) groups is 2. The topological polar surface area (TPSA) is 54.3 Å². The molecule has 2 unspecified atom stereocenters. The molecule has 1 N–H and O–H groups in total. The van der Waals surface area contributed by atoms with E-state index in [2.05, 4.69) is 42.1 Å². The predicted molar refractivity (Wildman–Crippen MR) is 140 cm³/mol. The van der Waals surface area contributed by atoms with Crippen LogP contribution in [-0.2, 0) is 11.8 Å². The maximum atomic E-state index is 13.9. The largest absolute Gasteiger partial charge is 0.350 e. The van der Waals surface area contributed by atoms with Crippen LogP contribution in [0, 0.1) is 12.8 Å². The summed E-state index contributed by atoms with van der Waals surface area (Å²) < 4.78 is 2.10. The standard InChI is InChI=1S/C30H31N3O2/c1-19(2)17-27(29(34)31-21-15-13-20(3)14-16-21)33-28(23-10-5-6-11-24(23)30(33)35)25-18-32(4)26-12-8-7-9-22(25)26/h5-16,18-19,27-28H,17H2,1-4H3,(H,31,34). The summed E-state index contributed by atoms with van der Waals surface area (Å²) in [4.78, 5) is 29.5. The van der Waals surface area contributed by atoms with Crippen molar-refractivity contribution in [3.05, 3.63) is 101 Å². The highest BCUT2D eigenvalue weighted by molar-refractivity contribution is 6.05. The number of nitrogens with zero attached hydrogens (tertiary/aromatic N) is 2. The Bertz CT molecular complexity index is 1400. The minimum absolute atomic E-state index is 0.0942. The molecule has 178 valence electrons. The van der Waals surface area contributed by atoms with Crippen LogP contribution in [0.4, 0.5) is 5.69 Å². The first kappa shape index (κ1) is 22.9. The molecule has 3 aromatic carbocycles. The number of amides is 2. The minimum atomic E-state index is -0.611. The molecule has 2 amide bonds. The summed E-state index contributed by atoms with van der Waals surface area (Å²) in [5.41, 5.74) is 5.62. The number of para-hydroxylation sites is 1. The van der Waals surface area contributed by atoms with Crippen LogP contribution >= 0.6 is 0 Å². The fourth-order valence-electron chi connectivity index (χ4n) is 5.22. The fourth-order valence-corrected chi connectivity index (χ4v) is 5.22. The van der Waals surface area contributed by atoms with Gasteiger partial charge in [0.15, 0.2) is 0 Å². The predicted octanol–water partition coefficient (Wildman–Crippen LogP) is 6.09. The third-order valence-corrected chi connectivity index (χ3v) is 6.87. The molecule has 1 aliphatic rings. The number of anilines is 1. The average Bonchev–Trinajstić information content (AvgIpc) is 3.33. The molecule has 0 fully saturated rings. The number of fused-ring (bicyclic) bond motifs is 2. The smallest absolute Gasteiger partial charge is 0.255 e. The summed E-state index contributed by atoms with van der Waals surface area (Å²) in [6.07, 6.45) is 2.67. The average molecular weight is 466 g/mol. The minimum Gasteiger partial charge on any atom is -0.350 e. The zero-order chi connectivity index (χ0) is 24.7. The Morgan fingerprint density at radius 2 is 1.63 bits per heavy atom. The van der Waals surface area contributed by atoms with E-state index >= 15 is 0 Å². The second kappa shape index (κ2) is 9.06. The summed E-state index contributed by atoms with van der Waals surface area (Å²) in [6, 6.07) is 22.8. The van der Waals surface area contributed by atoms with Gasteiger partial charge in [0.05, 0.1) is 6.04 Å². The van der Waals surface area contributed by atoms with E-state index in [1.807, 2.05) is 79.5 Å². The van der Waals surface area contributed by atoms with Gasteiger partial charge in [-0.15, -0.1) is 0 Å². The van der Waals surface area contributed by atoms with E-state index in [0.717, 1.165) is 33.3 Å². The van der Waals surface area contributed by atoms with Crippen LogP contribution in [0.25, 0.3) is 10.9 Å². The molecule has 1 aliphatic heterocycles. The number of hydrogen-bond acceptors (Lipinski definition) is 2. The Labute approximate surface area is 206 Å². The molecule has 0 spiro atoms. The number of aromatic nitrogens is 1. The Morgan fingerprint density at radius 1 is 0.943 bits per heavy atom. The lowest BCUT2D eigenvalue weighted by Gasteiger charge is -2.34. The number of hydrogen-bond donors (Lipinski definition) is 1. The number of nitrogens with one attached hydrogen (secondary N) is 1. The molecule has 2 atom stereocenters. The van der Waals surface area contributed by atoms with Crippen LogP contribution in [0.2, 0.25) is 0 Å². The normalized spacial score (nSPS) is 16.1. The molecule has 0 saturated carbocycles. The number of rotatable bonds is 6. The third kappa shape index (κ3) is 4.12. The van der Waals surface area contributed by atoms with Crippen molar-refractivity contribution in [3.63, 3.8) is 0 Å². The zero-order valence-electron chi connectivity index (χ0n) is 20.7. The monoisotopic (exact) mass is 465 g/mol. The van der Waals surface area contributed by atoms with Gasteiger partial charge in [-0.2, -0.15) is 0 Å². The summed E-state index contributed by atoms with van der Waals surface area (Å²) in [7, 11) is 2.02. The van der Waals surface area contributed by atoms with E-state index in [0.29, 0.717) is 12.0 Å². The van der Waals surface area contributed by atoms with E-state index in [4.69, 9.17) is 0 Å². The Hall–Kier alpha value is -3.86. The lowest BCUT2D eigenvalue weighted by molar-refractivity contribution is -0.121. The van der Waals surface area contributed by atoms with Crippen molar-refractivity contribution >= 4 is 28.4 Å². The van der Waals surface area contributed by atoms with Crippen LogP contribution in [-0.4, -0.2) is 27.3 Å². The SMILES string of the molecule is Cc1ccc(NC(=O)C(CC(C)C)N2C(=O)c3ccccc3C2c2cn(C)c3ccccc23)cc1. The number of aryl methyl sites for hydroxylation is 2. The van der Waals surface area contributed by atoms with Crippen molar-refractivity contribution in [2.75, 3.05) is 5.32 Å². The van der Waals surface area contributed by atoms with Gasteiger partial charge in [-0.1, -0.05) is 67.9 Å². The van der Waals surface area contributed by atoms with E-state index in [-0.39, 0.29) is 23.8 Å². The lowest BCUT2D eigenvalue weighted by atomic mass is 9.95. The molecule has 0 radical (unpaired) electrons. The fraction of sp³-hybridized carbons (Fsp3) is 0.267. The molecule has 1 aromatic heterocycles. The zero-order valence-corrected chi connectivity index (χ0v) is 20.7. The van der Waals surface area contributed by atoms with Crippen molar-refractivity contribution in [2.45, 2.75) is 39.3 Å². The van der Waals surface area contributed by atoms with Gasteiger partial charge in [0.2, 0.25) is 5.91 Å². The van der Waals surface area contributed by atoms with Crippen molar-refractivity contribution in [2.24, 2.45) is 13.0 Å². The van der Waals surface area contributed by atoms with Crippen LogP contribution in [0.5, 0.6) is 0 Å². The summed E-state index contributed by atoms with van der Waals surface area (Å²) in [5.74, 6) is -0.0226. The first-order valence-electron chi connectivity index (χ1n) is 12.2. The van der Waals surface area contributed by atoms with E-state index in [1.54, 1.807) is 0 Å². The number of carbonyl (C=O) groups excluding carboxylic acids is 2.